The fourth-order valence-corrected chi connectivity index (χ4v) is 3.93. The Kier molecular flexibility index (Phi) is 7.87. The van der Waals surface area contributed by atoms with Crippen LogP contribution in [0, 0.1) is 0 Å². The number of amides is 1. The van der Waals surface area contributed by atoms with Gasteiger partial charge in [-0.3, -0.25) is 4.79 Å². The largest absolute Gasteiger partial charge is 0.493 e. The van der Waals surface area contributed by atoms with Crippen molar-refractivity contribution in [3.8, 4) is 17.2 Å². The first-order valence-corrected chi connectivity index (χ1v) is 11.1. The number of nitrogens with zero attached hydrogens (tertiary/aromatic N) is 1. The number of ether oxygens (including phenoxy) is 3. The van der Waals surface area contributed by atoms with E-state index in [1.165, 1.54) is 12.7 Å². The summed E-state index contributed by atoms with van der Waals surface area (Å²) in [6.45, 7) is 5.03. The quantitative estimate of drug-likeness (QED) is 0.406. The molecule has 0 spiro atoms. The van der Waals surface area contributed by atoms with Crippen LogP contribution in [0.4, 0.5) is 0 Å². The van der Waals surface area contributed by atoms with Gasteiger partial charge in [0.15, 0.2) is 16.7 Å². The maximum atomic E-state index is 11.8. The maximum Gasteiger partial charge on any atom is 0.286 e. The number of carbonyl (C=O) groups excluding carboxylic acids is 1. The van der Waals surface area contributed by atoms with Crippen molar-refractivity contribution in [2.75, 3.05) is 20.3 Å². The number of halogens is 1. The fourth-order valence-electron chi connectivity index (χ4n) is 2.97. The van der Waals surface area contributed by atoms with Crippen molar-refractivity contribution in [1.29, 1.82) is 0 Å². The van der Waals surface area contributed by atoms with Crippen molar-refractivity contribution in [1.82, 2.24) is 0 Å². The second-order valence-electron chi connectivity index (χ2n) is 6.98. The third-order valence-electron chi connectivity index (χ3n) is 4.85. The molecule has 2 N–H and O–H groups in total. The molecule has 1 amide bonds. The molecular weight excluding hydrogens is 436 g/mol. The van der Waals surface area contributed by atoms with Gasteiger partial charge in [-0.05, 0) is 65.6 Å². The molecule has 1 heterocycles. The molecule has 1 aliphatic heterocycles. The number of amidine groups is 1. The number of carbonyl (C=O) groups is 1. The summed E-state index contributed by atoms with van der Waals surface area (Å²) in [4.78, 5) is 15.9. The fraction of sp³-hybridized carbons (Fsp3) is 0.304. The Bertz CT molecular complexity index is 1010. The second-order valence-corrected chi connectivity index (χ2v) is 8.44. The van der Waals surface area contributed by atoms with Crippen LogP contribution in [-0.2, 0) is 4.79 Å². The maximum absolute atomic E-state index is 11.8. The molecule has 2 aromatic rings. The summed E-state index contributed by atoms with van der Waals surface area (Å²) in [5.74, 6) is 1.83. The van der Waals surface area contributed by atoms with Crippen molar-refractivity contribution in [3.05, 3.63) is 57.5 Å². The molecule has 3 rings (SSSR count). The van der Waals surface area contributed by atoms with E-state index in [1.807, 2.05) is 12.1 Å². The van der Waals surface area contributed by atoms with Crippen LogP contribution < -0.4 is 19.9 Å². The Hall–Kier alpha value is -2.64. The molecule has 6 nitrogen and oxygen atoms in total. The van der Waals surface area contributed by atoms with E-state index in [2.05, 4.69) is 31.0 Å². The Morgan fingerprint density at radius 2 is 1.90 bits per heavy atom. The normalized spacial score (nSPS) is 15.7. The van der Waals surface area contributed by atoms with Gasteiger partial charge in [0.1, 0.15) is 19.0 Å². The van der Waals surface area contributed by atoms with Gasteiger partial charge in [0, 0.05) is 0 Å². The summed E-state index contributed by atoms with van der Waals surface area (Å²) in [7, 11) is 1.53. The Labute approximate surface area is 191 Å². The first-order chi connectivity index (χ1) is 14.9. The predicted octanol–water partition coefficient (Wildman–Crippen LogP) is 5.25. The lowest BCUT2D eigenvalue weighted by Gasteiger charge is -2.14. The minimum absolute atomic E-state index is 0.226. The van der Waals surface area contributed by atoms with Gasteiger partial charge < -0.3 is 19.9 Å². The van der Waals surface area contributed by atoms with Crippen molar-refractivity contribution in [2.45, 2.75) is 26.2 Å². The second kappa shape index (κ2) is 10.6. The highest BCUT2D eigenvalue weighted by molar-refractivity contribution is 8.18. The molecule has 0 radical (unpaired) electrons. The molecule has 164 valence electrons. The first-order valence-electron chi connectivity index (χ1n) is 9.92. The molecule has 1 atom stereocenters. The molecule has 0 unspecified atom stereocenters. The van der Waals surface area contributed by atoms with Crippen LogP contribution in [0.1, 0.15) is 37.3 Å². The summed E-state index contributed by atoms with van der Waals surface area (Å²) in [5, 5.41) is 0.595. The van der Waals surface area contributed by atoms with E-state index in [-0.39, 0.29) is 11.1 Å². The van der Waals surface area contributed by atoms with Gasteiger partial charge in [-0.2, -0.15) is 4.99 Å². The number of methoxy groups -OCH3 is 1. The van der Waals surface area contributed by atoms with Crippen LogP contribution in [0.2, 0.25) is 5.02 Å². The highest BCUT2D eigenvalue weighted by Gasteiger charge is 2.20. The highest BCUT2D eigenvalue weighted by atomic mass is 35.5. The Morgan fingerprint density at radius 3 is 2.52 bits per heavy atom. The molecule has 0 fully saturated rings. The summed E-state index contributed by atoms with van der Waals surface area (Å²) in [5.41, 5.74) is 7.57. The molecule has 0 aliphatic carbocycles. The summed E-state index contributed by atoms with van der Waals surface area (Å²) >= 11 is 7.52. The molecule has 31 heavy (non-hydrogen) atoms. The minimum Gasteiger partial charge on any atom is -0.493 e. The summed E-state index contributed by atoms with van der Waals surface area (Å²) in [6, 6.07) is 11.5. The number of hydrogen-bond acceptors (Lipinski definition) is 6. The van der Waals surface area contributed by atoms with Crippen LogP contribution in [0.15, 0.2) is 46.3 Å². The average molecular weight is 461 g/mol. The van der Waals surface area contributed by atoms with Gasteiger partial charge in [-0.1, -0.05) is 37.6 Å². The van der Waals surface area contributed by atoms with Crippen LogP contribution in [-0.4, -0.2) is 31.4 Å². The SMILES string of the molecule is CC[C@H](C)c1ccc(OCCOc2c(Cl)cc(/C=C3\SC(N)=NC3=O)cc2OC)cc1. The topological polar surface area (TPSA) is 83.1 Å². The highest BCUT2D eigenvalue weighted by Crippen LogP contribution is 2.38. The van der Waals surface area contributed by atoms with Gasteiger partial charge in [0.25, 0.3) is 5.91 Å². The molecule has 2 aromatic carbocycles. The monoisotopic (exact) mass is 460 g/mol. The molecule has 0 aromatic heterocycles. The lowest BCUT2D eigenvalue weighted by molar-refractivity contribution is -0.113. The van der Waals surface area contributed by atoms with E-state index in [1.54, 1.807) is 18.2 Å². The Balaban J connectivity index is 1.60. The van der Waals surface area contributed by atoms with Crippen molar-refractivity contribution >= 4 is 40.5 Å². The molecule has 0 saturated carbocycles. The van der Waals surface area contributed by atoms with E-state index >= 15 is 0 Å². The van der Waals surface area contributed by atoms with Crippen molar-refractivity contribution in [2.24, 2.45) is 10.7 Å². The molecule has 0 bridgehead atoms. The van der Waals surface area contributed by atoms with Gasteiger partial charge in [0.2, 0.25) is 0 Å². The number of thioether (sulfide) groups is 1. The minimum atomic E-state index is -0.368. The summed E-state index contributed by atoms with van der Waals surface area (Å²) < 4.78 is 17.0. The number of benzene rings is 2. The third-order valence-corrected chi connectivity index (χ3v) is 5.94. The number of nitrogens with two attached hydrogens (primary N) is 1. The van der Waals surface area contributed by atoms with E-state index in [0.717, 1.165) is 23.9 Å². The van der Waals surface area contributed by atoms with E-state index < -0.39 is 0 Å². The number of rotatable bonds is 9. The van der Waals surface area contributed by atoms with Crippen molar-refractivity contribution in [3.63, 3.8) is 0 Å². The molecule has 0 saturated heterocycles. The molecular formula is C23H25ClN2O4S. The standard InChI is InChI=1S/C23H25ClN2O4S/c1-4-14(2)16-5-7-17(8-6-16)29-9-10-30-21-18(24)11-15(12-19(21)28-3)13-20-22(27)26-23(25)31-20/h5-8,11-14H,4,9-10H2,1-3H3,(H2,25,26,27)/b20-13-/t14-/m0/s1. The zero-order valence-electron chi connectivity index (χ0n) is 17.7. The van der Waals surface area contributed by atoms with Crippen molar-refractivity contribution < 1.29 is 19.0 Å². The number of aliphatic imine (C=N–C) groups is 1. The lowest BCUT2D eigenvalue weighted by Crippen LogP contribution is -2.10. The average Bonchev–Trinajstić information content (AvgIpc) is 3.08. The van der Waals surface area contributed by atoms with Gasteiger partial charge in [-0.25, -0.2) is 0 Å². The smallest absolute Gasteiger partial charge is 0.286 e. The summed E-state index contributed by atoms with van der Waals surface area (Å²) in [6.07, 6.45) is 2.77. The van der Waals surface area contributed by atoms with E-state index in [0.29, 0.717) is 46.1 Å². The van der Waals surface area contributed by atoms with Crippen LogP contribution in [0.5, 0.6) is 17.2 Å². The first kappa shape index (κ1) is 23.0. The zero-order chi connectivity index (χ0) is 22.4. The number of hydrogen-bond donors (Lipinski definition) is 1. The van der Waals surface area contributed by atoms with Crippen LogP contribution in [0.25, 0.3) is 6.08 Å². The van der Waals surface area contributed by atoms with E-state index in [4.69, 9.17) is 31.5 Å². The zero-order valence-corrected chi connectivity index (χ0v) is 19.3. The van der Waals surface area contributed by atoms with Crippen LogP contribution >= 0.6 is 23.4 Å². The van der Waals surface area contributed by atoms with Gasteiger partial charge in [-0.15, -0.1) is 0 Å². The van der Waals surface area contributed by atoms with Gasteiger partial charge >= 0.3 is 0 Å². The van der Waals surface area contributed by atoms with E-state index in [9.17, 15) is 4.79 Å². The predicted molar refractivity (Wildman–Crippen MR) is 126 cm³/mol. The Morgan fingerprint density at radius 1 is 1.19 bits per heavy atom. The van der Waals surface area contributed by atoms with Crippen LogP contribution in [0.3, 0.4) is 0 Å². The molecule has 1 aliphatic rings. The molecule has 8 heteroatoms. The third kappa shape index (κ3) is 5.95. The lowest BCUT2D eigenvalue weighted by atomic mass is 9.99. The van der Waals surface area contributed by atoms with Gasteiger partial charge in [0.05, 0.1) is 17.0 Å².